The second kappa shape index (κ2) is 19.6. The minimum atomic E-state index is -0.225. The third kappa shape index (κ3) is 9.28. The smallest absolute Gasteiger partial charge is 0.333 e. The van der Waals surface area contributed by atoms with E-state index in [1.54, 1.807) is 0 Å². The van der Waals surface area contributed by atoms with E-state index >= 15 is 0 Å². The first-order valence-corrected chi connectivity index (χ1v) is 32.7. The summed E-state index contributed by atoms with van der Waals surface area (Å²) in [7, 11) is 0. The van der Waals surface area contributed by atoms with Gasteiger partial charge in [-0.15, -0.1) is 0 Å². The summed E-state index contributed by atoms with van der Waals surface area (Å²) in [5, 5.41) is 2.34. The molecule has 4 nitrogen and oxygen atoms in total. The summed E-state index contributed by atoms with van der Waals surface area (Å²) in [6.45, 7) is 42.5. The van der Waals surface area contributed by atoms with Crippen LogP contribution in [0.4, 0.5) is 45.5 Å². The Kier molecular flexibility index (Phi) is 12.9. The van der Waals surface area contributed by atoms with Gasteiger partial charge in [0, 0.05) is 56.0 Å². The topological polar surface area (TPSA) is 22.9 Å². The molecular weight excluding hydrogens is 1070 g/mol. The van der Waals surface area contributed by atoms with Crippen molar-refractivity contribution in [2.24, 2.45) is 0 Å². The average molecular weight is 1160 g/mol. The maximum absolute atomic E-state index is 7.69. The SMILES string of the molecule is Cc1cc2c3c(c1)N(c1ccc(C(C)(C)C)cc1-c1ccccc1)c1c(ccc4c1oc1cc5c(cc14)C(C)(C)CCC5(C)C)B3N(c1ccc3c(c1)C(C)(C)CCC3(C)C)c1ccc(N(c3ccc(C(C)(C)C)cc3)c3ccc(C(C)(C)C)cc3)cc1-2. The Hall–Kier alpha value is -7.76. The standard InChI is InChI=1S/C83H90BN3O/c1-51-44-64-62-47-58(85(56-29-24-53(25-30-56)77(2,3)4)57-31-26-54(27-32-57)78(5,6)7)34-39-71(62)87(59-33-36-65-66(48-59)81(13,14)41-40-80(65,11)12)84-69-37-35-60-63-49-67-68(83(17,18)43-42-82(67,15)16)50-73(63)88-76(60)75(69)86(72(45-51)74(64)84)70-38-28-55(79(8,9)10)46-61(70)52-22-20-19-21-23-52/h19-39,44-50H,40-43H2,1-18H3. The quantitative estimate of drug-likeness (QED) is 0.155. The van der Waals surface area contributed by atoms with Gasteiger partial charge in [-0.2, -0.15) is 0 Å². The van der Waals surface area contributed by atoms with Gasteiger partial charge in [0.15, 0.2) is 5.58 Å². The van der Waals surface area contributed by atoms with Gasteiger partial charge in [0.2, 0.25) is 0 Å². The molecule has 14 rings (SSSR count). The van der Waals surface area contributed by atoms with Gasteiger partial charge in [0.1, 0.15) is 5.58 Å². The molecule has 1 aromatic heterocycles. The molecule has 10 aromatic rings. The summed E-state index contributed by atoms with van der Waals surface area (Å²) in [6, 6.07) is 66.6. The van der Waals surface area contributed by atoms with Crippen molar-refractivity contribution in [2.45, 2.75) is 188 Å². The Labute approximate surface area is 526 Å². The van der Waals surface area contributed by atoms with Crippen molar-refractivity contribution < 1.29 is 4.42 Å². The van der Waals surface area contributed by atoms with E-state index in [2.05, 4.69) is 309 Å². The van der Waals surface area contributed by atoms with Gasteiger partial charge >= 0.3 is 6.85 Å². The van der Waals surface area contributed by atoms with Gasteiger partial charge in [0.25, 0.3) is 0 Å². The number of fused-ring (bicyclic) bond motifs is 10. The predicted molar refractivity (Wildman–Crippen MR) is 379 cm³/mol. The highest BCUT2D eigenvalue weighted by atomic mass is 16.3. The summed E-state index contributed by atoms with van der Waals surface area (Å²) in [6.07, 6.45) is 4.57. The van der Waals surface area contributed by atoms with Gasteiger partial charge in [-0.25, -0.2) is 0 Å². The van der Waals surface area contributed by atoms with Gasteiger partial charge < -0.3 is 19.0 Å². The van der Waals surface area contributed by atoms with Crippen LogP contribution in [0.3, 0.4) is 0 Å². The predicted octanol–water partition coefficient (Wildman–Crippen LogP) is 22.3. The zero-order valence-electron chi connectivity index (χ0n) is 55.8. The Bertz CT molecular complexity index is 4400. The first-order chi connectivity index (χ1) is 41.4. The first-order valence-electron chi connectivity index (χ1n) is 32.7. The van der Waals surface area contributed by atoms with Gasteiger partial charge in [0.05, 0.1) is 11.4 Å². The highest BCUT2D eigenvalue weighted by Crippen LogP contribution is 2.56. The summed E-state index contributed by atoms with van der Waals surface area (Å²) in [4.78, 5) is 7.84. The summed E-state index contributed by atoms with van der Waals surface area (Å²) < 4.78 is 7.69. The minimum Gasteiger partial charge on any atom is -0.454 e. The number of furan rings is 1. The summed E-state index contributed by atoms with van der Waals surface area (Å²) >= 11 is 0. The van der Waals surface area contributed by atoms with Crippen molar-refractivity contribution in [3.8, 4) is 22.3 Å². The van der Waals surface area contributed by atoms with E-state index in [9.17, 15) is 0 Å². The van der Waals surface area contributed by atoms with Gasteiger partial charge in [-0.1, -0.05) is 203 Å². The van der Waals surface area contributed by atoms with Crippen LogP contribution < -0.4 is 25.5 Å². The van der Waals surface area contributed by atoms with Crippen LogP contribution in [0.1, 0.15) is 188 Å². The first kappa shape index (κ1) is 58.0. The number of aryl methyl sites for hydroxylation is 1. The number of hydrogen-bond donors (Lipinski definition) is 0. The molecule has 4 aliphatic rings. The largest absolute Gasteiger partial charge is 0.454 e. The monoisotopic (exact) mass is 1160 g/mol. The maximum Gasteiger partial charge on any atom is 0.333 e. The van der Waals surface area contributed by atoms with Crippen LogP contribution in [0.15, 0.2) is 174 Å². The molecule has 3 heterocycles. The molecule has 0 N–H and O–H groups in total. The third-order valence-electron chi connectivity index (χ3n) is 21.3. The fourth-order valence-corrected chi connectivity index (χ4v) is 15.6. The van der Waals surface area contributed by atoms with Crippen molar-refractivity contribution in [2.75, 3.05) is 14.6 Å². The fraction of sp³-hybridized carbons (Fsp3) is 0.349. The second-order valence-electron chi connectivity index (χ2n) is 32.5. The van der Waals surface area contributed by atoms with Crippen LogP contribution in [-0.2, 0) is 37.9 Å². The van der Waals surface area contributed by atoms with Gasteiger partial charge in [-0.05, 0) is 222 Å². The molecule has 0 saturated carbocycles. The lowest BCUT2D eigenvalue weighted by Gasteiger charge is -2.47. The molecule has 2 aliphatic carbocycles. The lowest BCUT2D eigenvalue weighted by atomic mass is 9.43. The van der Waals surface area contributed by atoms with E-state index in [0.717, 1.165) is 70.7 Å². The third-order valence-corrected chi connectivity index (χ3v) is 21.3. The molecule has 0 radical (unpaired) electrons. The Morgan fingerprint density at radius 2 is 0.966 bits per heavy atom. The fourth-order valence-electron chi connectivity index (χ4n) is 15.6. The Morgan fingerprint density at radius 1 is 0.432 bits per heavy atom. The van der Waals surface area contributed by atoms with Crippen molar-refractivity contribution >= 4 is 85.2 Å². The van der Waals surface area contributed by atoms with Crippen molar-refractivity contribution in [3.05, 3.63) is 214 Å². The molecule has 0 saturated heterocycles. The minimum absolute atomic E-state index is 0.00778. The second-order valence-corrected chi connectivity index (χ2v) is 32.5. The Balaban J connectivity index is 1.10. The zero-order valence-corrected chi connectivity index (χ0v) is 55.8. The van der Waals surface area contributed by atoms with Crippen molar-refractivity contribution in [1.29, 1.82) is 0 Å². The molecule has 9 aromatic carbocycles. The van der Waals surface area contributed by atoms with Crippen LogP contribution in [0.25, 0.3) is 44.2 Å². The molecule has 0 spiro atoms. The molecule has 0 amide bonds. The molecule has 88 heavy (non-hydrogen) atoms. The number of nitrogens with zero attached hydrogens (tertiary/aromatic N) is 3. The molecule has 0 bridgehead atoms. The van der Waals surface area contributed by atoms with E-state index in [0.29, 0.717) is 0 Å². The van der Waals surface area contributed by atoms with E-state index in [1.165, 1.54) is 100 Å². The van der Waals surface area contributed by atoms with E-state index < -0.39 is 0 Å². The average Bonchev–Trinajstić information content (AvgIpc) is 1.06. The lowest BCUT2D eigenvalue weighted by molar-refractivity contribution is 0.332. The molecule has 5 heteroatoms. The number of rotatable bonds is 6. The molecule has 0 fully saturated rings. The number of anilines is 8. The van der Waals surface area contributed by atoms with Crippen LogP contribution in [0.5, 0.6) is 0 Å². The summed E-state index contributed by atoms with van der Waals surface area (Å²) in [5.41, 5.74) is 29.4. The molecular formula is C83H90BN3O. The molecule has 446 valence electrons. The van der Waals surface area contributed by atoms with Crippen LogP contribution in [0.2, 0.25) is 0 Å². The van der Waals surface area contributed by atoms with Crippen molar-refractivity contribution in [3.63, 3.8) is 0 Å². The maximum atomic E-state index is 7.69. The zero-order chi connectivity index (χ0) is 62.2. The van der Waals surface area contributed by atoms with Crippen LogP contribution in [0, 0.1) is 6.92 Å². The molecule has 0 atom stereocenters. The van der Waals surface area contributed by atoms with E-state index in [-0.39, 0.29) is 44.8 Å². The van der Waals surface area contributed by atoms with E-state index in [4.69, 9.17) is 4.42 Å². The van der Waals surface area contributed by atoms with E-state index in [1.807, 2.05) is 0 Å². The normalized spacial score (nSPS) is 17.1. The lowest BCUT2D eigenvalue weighted by Crippen LogP contribution is -2.61. The van der Waals surface area contributed by atoms with Gasteiger partial charge in [-0.3, -0.25) is 0 Å². The van der Waals surface area contributed by atoms with Crippen LogP contribution >= 0.6 is 0 Å². The van der Waals surface area contributed by atoms with Crippen molar-refractivity contribution in [1.82, 2.24) is 0 Å². The highest BCUT2D eigenvalue weighted by molar-refractivity contribution is 6.94. The number of hydrogen-bond acceptors (Lipinski definition) is 4. The number of benzene rings is 9. The highest BCUT2D eigenvalue weighted by Gasteiger charge is 2.48. The molecule has 0 unspecified atom stereocenters. The Morgan fingerprint density at radius 3 is 1.56 bits per heavy atom. The van der Waals surface area contributed by atoms with Crippen LogP contribution in [-0.4, -0.2) is 6.85 Å². The summed E-state index contributed by atoms with van der Waals surface area (Å²) in [5.74, 6) is 0. The molecule has 2 aliphatic heterocycles.